The van der Waals surface area contributed by atoms with Crippen LogP contribution in [0.4, 0.5) is 5.69 Å². The Kier molecular flexibility index (Phi) is 6.99. The normalized spacial score (nSPS) is 20.9. The van der Waals surface area contributed by atoms with E-state index in [2.05, 4.69) is 5.32 Å². The zero-order chi connectivity index (χ0) is 23.6. The summed E-state index contributed by atoms with van der Waals surface area (Å²) in [6, 6.07) is 4.42. The third-order valence-corrected chi connectivity index (χ3v) is 7.77. The number of carbonyl (C=O) groups excluding carboxylic acids is 4. The minimum Gasteiger partial charge on any atom is -0.454 e. The number of rotatable bonds is 7. The van der Waals surface area contributed by atoms with E-state index in [1.807, 2.05) is 0 Å². The van der Waals surface area contributed by atoms with Crippen LogP contribution in [0, 0.1) is 18.8 Å². The first-order valence-corrected chi connectivity index (χ1v) is 11.8. The van der Waals surface area contributed by atoms with Crippen LogP contribution < -0.4 is 5.32 Å². The smallest absolute Gasteiger partial charge is 0.326 e. The molecule has 0 bridgehead atoms. The van der Waals surface area contributed by atoms with Gasteiger partial charge >= 0.3 is 5.97 Å². The second-order valence-electron chi connectivity index (χ2n) is 8.24. The van der Waals surface area contributed by atoms with E-state index in [0.29, 0.717) is 18.4 Å². The molecule has 32 heavy (non-hydrogen) atoms. The molecule has 10 nitrogen and oxygen atoms in total. The van der Waals surface area contributed by atoms with Crippen LogP contribution in [0.2, 0.25) is 0 Å². The quantitative estimate of drug-likeness (QED) is 0.468. The highest BCUT2D eigenvalue weighted by atomic mass is 32.2. The fourth-order valence-corrected chi connectivity index (χ4v) is 5.20. The minimum atomic E-state index is -3.70. The molecule has 1 aromatic rings. The molecule has 174 valence electrons. The Morgan fingerprint density at radius 1 is 1.12 bits per heavy atom. The number of imide groups is 1. The van der Waals surface area contributed by atoms with Crippen LogP contribution in [0.25, 0.3) is 0 Å². The highest BCUT2D eigenvalue weighted by Gasteiger charge is 2.48. The van der Waals surface area contributed by atoms with Crippen LogP contribution in [0.3, 0.4) is 0 Å². The number of fused-ring (bicyclic) bond motifs is 1. The van der Waals surface area contributed by atoms with E-state index in [1.54, 1.807) is 13.0 Å². The molecule has 2 atom stereocenters. The zero-order valence-electron chi connectivity index (χ0n) is 18.3. The lowest BCUT2D eigenvalue weighted by Crippen LogP contribution is -2.37. The van der Waals surface area contributed by atoms with Gasteiger partial charge in [-0.05, 0) is 37.5 Å². The van der Waals surface area contributed by atoms with Gasteiger partial charge in [-0.1, -0.05) is 18.9 Å². The first kappa shape index (κ1) is 23.9. The number of esters is 1. The number of anilines is 1. The molecule has 0 aromatic heterocycles. The summed E-state index contributed by atoms with van der Waals surface area (Å²) in [5.74, 6) is -2.96. The van der Waals surface area contributed by atoms with E-state index in [0.717, 1.165) is 22.0 Å². The number of nitrogens with one attached hydrogen (secondary N) is 1. The molecule has 3 rings (SSSR count). The summed E-state index contributed by atoms with van der Waals surface area (Å²) < 4.78 is 30.8. The van der Waals surface area contributed by atoms with Crippen molar-refractivity contribution >= 4 is 39.4 Å². The van der Waals surface area contributed by atoms with Crippen LogP contribution in [-0.4, -0.2) is 68.6 Å². The van der Waals surface area contributed by atoms with E-state index in [-0.39, 0.29) is 34.2 Å². The summed E-state index contributed by atoms with van der Waals surface area (Å²) in [7, 11) is -0.883. The van der Waals surface area contributed by atoms with Crippen LogP contribution in [0.1, 0.15) is 31.2 Å². The Bertz CT molecular complexity index is 1030. The maximum absolute atomic E-state index is 12.4. The number of likely N-dealkylation sites (tertiary alicyclic amines) is 1. The molecule has 1 aliphatic heterocycles. The van der Waals surface area contributed by atoms with Gasteiger partial charge in [0.1, 0.15) is 6.54 Å². The van der Waals surface area contributed by atoms with E-state index >= 15 is 0 Å². The number of aryl methyl sites for hydroxylation is 1. The molecule has 2 aliphatic rings. The molecule has 2 unspecified atom stereocenters. The van der Waals surface area contributed by atoms with Crippen molar-refractivity contribution in [2.45, 2.75) is 37.5 Å². The van der Waals surface area contributed by atoms with Crippen molar-refractivity contribution in [3.05, 3.63) is 23.8 Å². The van der Waals surface area contributed by atoms with Crippen molar-refractivity contribution in [3.63, 3.8) is 0 Å². The fourth-order valence-electron chi connectivity index (χ4n) is 4.06. The van der Waals surface area contributed by atoms with Crippen molar-refractivity contribution < 1.29 is 32.3 Å². The lowest BCUT2D eigenvalue weighted by atomic mass is 9.81. The van der Waals surface area contributed by atoms with Gasteiger partial charge in [-0.25, -0.2) is 12.7 Å². The molecule has 1 aliphatic carbocycles. The molecule has 1 saturated carbocycles. The van der Waals surface area contributed by atoms with Crippen molar-refractivity contribution in [1.82, 2.24) is 9.21 Å². The van der Waals surface area contributed by atoms with Crippen LogP contribution in [-0.2, 0) is 33.9 Å². The molecule has 0 radical (unpaired) electrons. The highest BCUT2D eigenvalue weighted by molar-refractivity contribution is 7.89. The number of carbonyl (C=O) groups is 4. The second-order valence-corrected chi connectivity index (χ2v) is 10.4. The molecular weight excluding hydrogens is 438 g/mol. The minimum absolute atomic E-state index is 0.0461. The zero-order valence-corrected chi connectivity index (χ0v) is 19.1. The number of amides is 3. The van der Waals surface area contributed by atoms with E-state index < -0.39 is 35.1 Å². The van der Waals surface area contributed by atoms with Crippen molar-refractivity contribution in [2.24, 2.45) is 11.8 Å². The SMILES string of the molecule is Cc1ccc(NC(=O)COC(=O)CN2C(=O)C3CCCCC3C2=O)cc1S(=O)(=O)N(C)C. The molecule has 1 aromatic carbocycles. The second kappa shape index (κ2) is 9.37. The molecule has 1 heterocycles. The lowest BCUT2D eigenvalue weighted by Gasteiger charge is -2.19. The van der Waals surface area contributed by atoms with Gasteiger partial charge < -0.3 is 10.1 Å². The number of hydrogen-bond acceptors (Lipinski definition) is 7. The van der Waals surface area contributed by atoms with Crippen LogP contribution in [0.15, 0.2) is 23.1 Å². The van der Waals surface area contributed by atoms with Gasteiger partial charge in [0.15, 0.2) is 6.61 Å². The number of nitrogens with zero attached hydrogens (tertiary/aromatic N) is 2. The maximum Gasteiger partial charge on any atom is 0.326 e. The van der Waals surface area contributed by atoms with Crippen LogP contribution in [0.5, 0.6) is 0 Å². The molecule has 11 heteroatoms. The van der Waals surface area contributed by atoms with E-state index in [1.165, 1.54) is 26.2 Å². The Morgan fingerprint density at radius 2 is 1.72 bits per heavy atom. The summed E-state index contributed by atoms with van der Waals surface area (Å²) in [5.41, 5.74) is 0.745. The number of hydrogen-bond donors (Lipinski definition) is 1. The number of sulfonamides is 1. The Balaban J connectivity index is 1.56. The highest BCUT2D eigenvalue weighted by Crippen LogP contribution is 2.37. The summed E-state index contributed by atoms with van der Waals surface area (Å²) in [5, 5.41) is 2.48. The van der Waals surface area contributed by atoms with Gasteiger partial charge in [0.05, 0.1) is 16.7 Å². The predicted molar refractivity (Wildman–Crippen MR) is 114 cm³/mol. The predicted octanol–water partition coefficient (Wildman–Crippen LogP) is 0.902. The average Bonchev–Trinajstić information content (AvgIpc) is 2.98. The van der Waals surface area contributed by atoms with Gasteiger partial charge in [-0.3, -0.25) is 24.1 Å². The largest absolute Gasteiger partial charge is 0.454 e. The summed E-state index contributed by atoms with van der Waals surface area (Å²) >= 11 is 0. The maximum atomic E-state index is 12.4. The van der Waals surface area contributed by atoms with Crippen molar-refractivity contribution in [3.8, 4) is 0 Å². The molecule has 1 N–H and O–H groups in total. The molecule has 3 amide bonds. The monoisotopic (exact) mass is 465 g/mol. The first-order valence-electron chi connectivity index (χ1n) is 10.4. The molecule has 0 spiro atoms. The molecule has 1 saturated heterocycles. The Morgan fingerprint density at radius 3 is 2.28 bits per heavy atom. The van der Waals surface area contributed by atoms with Crippen molar-refractivity contribution in [2.75, 3.05) is 32.6 Å². The Labute approximate surface area is 186 Å². The standard InChI is InChI=1S/C21H27N3O7S/c1-13-8-9-14(10-17(13)32(29,30)23(2)3)22-18(25)12-31-19(26)11-24-20(27)15-6-4-5-7-16(15)21(24)28/h8-10,15-16H,4-7,11-12H2,1-3H3,(H,22,25). The Hall–Kier alpha value is -2.79. The van der Waals surface area contributed by atoms with Gasteiger partial charge in [0.2, 0.25) is 21.8 Å². The fraction of sp³-hybridized carbons (Fsp3) is 0.524. The average molecular weight is 466 g/mol. The lowest BCUT2D eigenvalue weighted by molar-refractivity contribution is -0.154. The topological polar surface area (TPSA) is 130 Å². The third-order valence-electron chi connectivity index (χ3n) is 5.81. The molecular formula is C21H27N3O7S. The summed E-state index contributed by atoms with van der Waals surface area (Å²) in [4.78, 5) is 50.1. The summed E-state index contributed by atoms with van der Waals surface area (Å²) in [6.45, 7) is 0.486. The molecule has 2 fully saturated rings. The number of ether oxygens (including phenoxy) is 1. The van der Waals surface area contributed by atoms with Crippen molar-refractivity contribution in [1.29, 1.82) is 0 Å². The van der Waals surface area contributed by atoms with Gasteiger partial charge in [0, 0.05) is 19.8 Å². The van der Waals surface area contributed by atoms with Gasteiger partial charge in [-0.2, -0.15) is 0 Å². The third kappa shape index (κ3) is 4.83. The summed E-state index contributed by atoms with van der Waals surface area (Å²) in [6.07, 6.45) is 3.06. The van der Waals surface area contributed by atoms with Crippen LogP contribution >= 0.6 is 0 Å². The van der Waals surface area contributed by atoms with Gasteiger partial charge in [0.25, 0.3) is 5.91 Å². The number of benzene rings is 1. The first-order chi connectivity index (χ1) is 15.0. The van der Waals surface area contributed by atoms with Gasteiger partial charge in [-0.15, -0.1) is 0 Å². The van der Waals surface area contributed by atoms with E-state index in [4.69, 9.17) is 4.74 Å². The van der Waals surface area contributed by atoms with E-state index in [9.17, 15) is 27.6 Å².